The summed E-state index contributed by atoms with van der Waals surface area (Å²) >= 11 is 11.0. The molecule has 0 atom stereocenters. The summed E-state index contributed by atoms with van der Waals surface area (Å²) in [5.74, 6) is 0.263. The van der Waals surface area contributed by atoms with Gasteiger partial charge in [0.15, 0.2) is 0 Å². The first kappa shape index (κ1) is 14.4. The minimum Gasteiger partial charge on any atom is -0.263 e. The van der Waals surface area contributed by atoms with E-state index in [1.165, 1.54) is 23.6 Å². The molecule has 0 saturated heterocycles. The molecule has 2 rings (SSSR count). The lowest BCUT2D eigenvalue weighted by atomic mass is 10.5. The second-order valence-electron chi connectivity index (χ2n) is 3.15. The molecule has 2 heterocycles. The van der Waals surface area contributed by atoms with Gasteiger partial charge in [-0.25, -0.2) is 13.4 Å². The molecule has 0 amide bonds. The summed E-state index contributed by atoms with van der Waals surface area (Å²) in [6, 6.07) is 4.84. The maximum atomic E-state index is 12.1. The van der Waals surface area contributed by atoms with Crippen LogP contribution in [0.3, 0.4) is 0 Å². The van der Waals surface area contributed by atoms with Crippen LogP contribution in [-0.4, -0.2) is 13.4 Å². The summed E-state index contributed by atoms with van der Waals surface area (Å²) in [5, 5.41) is 0. The van der Waals surface area contributed by atoms with E-state index >= 15 is 0 Å². The molecule has 0 radical (unpaired) electrons. The summed E-state index contributed by atoms with van der Waals surface area (Å²) in [4.78, 5) is 4.12. The minimum atomic E-state index is -3.64. The number of hydrogen-bond acceptors (Lipinski definition) is 4. The molecule has 0 aliphatic carbocycles. The van der Waals surface area contributed by atoms with Crippen molar-refractivity contribution in [2.24, 2.45) is 0 Å². The number of nitrogens with one attached hydrogen (secondary N) is 1. The van der Waals surface area contributed by atoms with Crippen LogP contribution in [0, 0.1) is 0 Å². The lowest BCUT2D eigenvalue weighted by Crippen LogP contribution is -2.13. The Labute approximate surface area is 133 Å². The van der Waals surface area contributed by atoms with Crippen LogP contribution in [0.1, 0.15) is 0 Å². The van der Waals surface area contributed by atoms with Crippen LogP contribution in [0.2, 0.25) is 0 Å². The molecule has 2 aromatic heterocycles. The van der Waals surface area contributed by atoms with Crippen molar-refractivity contribution in [2.75, 3.05) is 4.72 Å². The third kappa shape index (κ3) is 3.32. The average Bonchev–Trinajstić information content (AvgIpc) is 2.58. The Morgan fingerprint density at radius 3 is 2.50 bits per heavy atom. The smallest absolute Gasteiger partial charge is 0.263 e. The van der Waals surface area contributed by atoms with Crippen LogP contribution >= 0.6 is 59.1 Å². The van der Waals surface area contributed by atoms with Gasteiger partial charge in [0.2, 0.25) is 0 Å². The molecule has 0 saturated carbocycles. The zero-order valence-electron chi connectivity index (χ0n) is 8.52. The number of thiophene rings is 1. The highest BCUT2D eigenvalue weighted by Crippen LogP contribution is 2.35. The largest absolute Gasteiger partial charge is 0.265 e. The van der Waals surface area contributed by atoms with Crippen molar-refractivity contribution in [3.05, 3.63) is 36.4 Å². The Bertz CT molecular complexity index is 685. The topological polar surface area (TPSA) is 59.1 Å². The molecule has 0 aliphatic heterocycles. The lowest BCUT2D eigenvalue weighted by Gasteiger charge is -2.06. The third-order valence-electron chi connectivity index (χ3n) is 1.88. The lowest BCUT2D eigenvalue weighted by molar-refractivity contribution is 0.601. The molecule has 0 aliphatic rings. The van der Waals surface area contributed by atoms with Gasteiger partial charge in [-0.3, -0.25) is 4.72 Å². The quantitative estimate of drug-likeness (QED) is 0.721. The summed E-state index contributed by atoms with van der Waals surface area (Å²) < 4.78 is 28.7. The van der Waals surface area contributed by atoms with Gasteiger partial charge in [0.25, 0.3) is 10.0 Å². The summed E-state index contributed by atoms with van der Waals surface area (Å²) in [7, 11) is -3.64. The van der Waals surface area contributed by atoms with Crippen LogP contribution in [0.5, 0.6) is 0 Å². The number of rotatable bonds is 3. The van der Waals surface area contributed by atoms with E-state index < -0.39 is 10.0 Å². The van der Waals surface area contributed by atoms with Crippen LogP contribution in [0.15, 0.2) is 41.3 Å². The molecule has 9 heteroatoms. The van der Waals surface area contributed by atoms with Gasteiger partial charge in [0.05, 0.1) is 7.57 Å². The van der Waals surface area contributed by atoms with Gasteiger partial charge in [-0.2, -0.15) is 0 Å². The minimum absolute atomic E-state index is 0.182. The first-order valence-electron chi connectivity index (χ1n) is 4.48. The fraction of sp³-hybridized carbons (Fsp3) is 0. The molecule has 96 valence electrons. The highest BCUT2D eigenvalue weighted by Gasteiger charge is 2.21. The van der Waals surface area contributed by atoms with Crippen LogP contribution < -0.4 is 4.72 Å². The Hall–Kier alpha value is 0.0400. The average molecular weight is 477 g/mol. The highest BCUT2D eigenvalue weighted by atomic mass is 79.9. The van der Waals surface area contributed by atoms with E-state index in [2.05, 4.69) is 57.5 Å². The van der Waals surface area contributed by atoms with Crippen LogP contribution in [0.4, 0.5) is 5.82 Å². The summed E-state index contributed by atoms with van der Waals surface area (Å²) in [6.07, 6.45) is 1.51. The molecule has 0 aromatic carbocycles. The molecule has 0 bridgehead atoms. The molecular formula is C9H5Br3N2O2S2. The molecule has 0 fully saturated rings. The number of nitrogens with zero attached hydrogens (tertiary/aromatic N) is 1. The van der Waals surface area contributed by atoms with E-state index in [-0.39, 0.29) is 10.7 Å². The number of anilines is 1. The second kappa shape index (κ2) is 5.58. The molecular weight excluding hydrogens is 472 g/mol. The maximum Gasteiger partial charge on any atom is 0.265 e. The van der Waals surface area contributed by atoms with Crippen molar-refractivity contribution in [3.63, 3.8) is 0 Å². The van der Waals surface area contributed by atoms with Gasteiger partial charge in [-0.15, -0.1) is 11.3 Å². The number of pyridine rings is 1. The Balaban J connectivity index is 2.36. The van der Waals surface area contributed by atoms with Crippen LogP contribution in [-0.2, 0) is 10.0 Å². The first-order chi connectivity index (χ1) is 8.38. The van der Waals surface area contributed by atoms with Crippen molar-refractivity contribution in [1.82, 2.24) is 4.98 Å². The van der Waals surface area contributed by atoms with Gasteiger partial charge in [-0.1, -0.05) is 15.9 Å². The van der Waals surface area contributed by atoms with Crippen LogP contribution in [0.25, 0.3) is 0 Å². The Morgan fingerprint density at radius 2 is 1.94 bits per heavy atom. The van der Waals surface area contributed by atoms with E-state index in [1.54, 1.807) is 12.1 Å². The molecule has 0 spiro atoms. The van der Waals surface area contributed by atoms with Gasteiger partial charge in [0, 0.05) is 10.7 Å². The van der Waals surface area contributed by atoms with Crippen molar-refractivity contribution in [1.29, 1.82) is 0 Å². The van der Waals surface area contributed by atoms with Crippen molar-refractivity contribution >= 4 is 75.0 Å². The third-order valence-corrected chi connectivity index (χ3v) is 6.48. The highest BCUT2D eigenvalue weighted by molar-refractivity contribution is 9.12. The normalized spacial score (nSPS) is 11.5. The number of hydrogen-bond donors (Lipinski definition) is 1. The van der Waals surface area contributed by atoms with Crippen molar-refractivity contribution in [2.45, 2.75) is 4.90 Å². The molecule has 4 nitrogen and oxygen atoms in total. The van der Waals surface area contributed by atoms with Gasteiger partial charge in [-0.05, 0) is 50.1 Å². The molecule has 2 aromatic rings. The Kier molecular flexibility index (Phi) is 4.48. The monoisotopic (exact) mass is 474 g/mol. The van der Waals surface area contributed by atoms with E-state index in [1.807, 2.05) is 0 Å². The molecule has 1 N–H and O–H groups in total. The predicted octanol–water partition coefficient (Wildman–Crippen LogP) is 4.23. The van der Waals surface area contributed by atoms with Crippen molar-refractivity contribution in [3.8, 4) is 0 Å². The zero-order chi connectivity index (χ0) is 13.3. The van der Waals surface area contributed by atoms with Crippen molar-refractivity contribution < 1.29 is 8.42 Å². The van der Waals surface area contributed by atoms with E-state index in [9.17, 15) is 8.42 Å². The number of aromatic nitrogens is 1. The number of halogens is 3. The maximum absolute atomic E-state index is 12.1. The molecule has 0 unspecified atom stereocenters. The number of sulfonamides is 1. The fourth-order valence-electron chi connectivity index (χ4n) is 1.16. The summed E-state index contributed by atoms with van der Waals surface area (Å²) in [6.45, 7) is 0. The predicted molar refractivity (Wildman–Crippen MR) is 82.5 cm³/mol. The second-order valence-corrected chi connectivity index (χ2v) is 9.47. The Morgan fingerprint density at radius 1 is 1.22 bits per heavy atom. The van der Waals surface area contributed by atoms with E-state index in [4.69, 9.17) is 0 Å². The standard InChI is InChI=1S/C9H5Br3N2O2S2/c10-5-1-2-13-8(3-5)14-18(15,16)6-4-7(11)17-9(6)12/h1-4H,(H,13,14). The summed E-state index contributed by atoms with van der Waals surface area (Å²) in [5.41, 5.74) is 0. The van der Waals surface area contributed by atoms with E-state index in [0.717, 1.165) is 8.26 Å². The zero-order valence-corrected chi connectivity index (χ0v) is 14.9. The fourth-order valence-corrected chi connectivity index (χ4v) is 6.31. The van der Waals surface area contributed by atoms with E-state index in [0.29, 0.717) is 3.79 Å². The van der Waals surface area contributed by atoms with Gasteiger partial charge >= 0.3 is 0 Å². The SMILES string of the molecule is O=S(=O)(Nc1cc(Br)ccn1)c1cc(Br)sc1Br. The molecule has 18 heavy (non-hydrogen) atoms. The first-order valence-corrected chi connectivity index (χ1v) is 9.15. The van der Waals surface area contributed by atoms with Gasteiger partial charge < -0.3 is 0 Å². The van der Waals surface area contributed by atoms with Gasteiger partial charge in [0.1, 0.15) is 10.7 Å².